The lowest BCUT2D eigenvalue weighted by Gasteiger charge is -2.36. The number of nitrogens with one attached hydrogen (secondary N) is 1. The van der Waals surface area contributed by atoms with Crippen molar-refractivity contribution in [1.82, 2.24) is 15.1 Å². The molecule has 25 heavy (non-hydrogen) atoms. The van der Waals surface area contributed by atoms with Gasteiger partial charge in [-0.2, -0.15) is 5.26 Å². The van der Waals surface area contributed by atoms with E-state index in [4.69, 9.17) is 10.00 Å². The highest BCUT2D eigenvalue weighted by molar-refractivity contribution is 5.73. The Bertz CT molecular complexity index is 655. The maximum absolute atomic E-state index is 11.7. The zero-order valence-electron chi connectivity index (χ0n) is 14.9. The fourth-order valence-corrected chi connectivity index (χ4v) is 3.80. The third-order valence-corrected chi connectivity index (χ3v) is 5.22. The highest BCUT2D eigenvalue weighted by Crippen LogP contribution is 2.34. The van der Waals surface area contributed by atoms with Crippen LogP contribution in [0.5, 0.6) is 0 Å². The van der Waals surface area contributed by atoms with Gasteiger partial charge < -0.3 is 15.0 Å². The number of likely N-dealkylation sites (tertiary alicyclic amines) is 1. The monoisotopic (exact) mass is 342 g/mol. The van der Waals surface area contributed by atoms with E-state index in [1.165, 1.54) is 5.56 Å². The predicted molar refractivity (Wildman–Crippen MR) is 94.9 cm³/mol. The van der Waals surface area contributed by atoms with Crippen molar-refractivity contribution in [2.75, 3.05) is 40.3 Å². The normalized spacial score (nSPS) is 25.9. The van der Waals surface area contributed by atoms with Crippen LogP contribution in [-0.4, -0.2) is 62.3 Å². The summed E-state index contributed by atoms with van der Waals surface area (Å²) in [6.07, 6.45) is 1.21. The van der Waals surface area contributed by atoms with Crippen LogP contribution in [0, 0.1) is 23.2 Å². The van der Waals surface area contributed by atoms with E-state index in [1.807, 2.05) is 18.2 Å². The van der Waals surface area contributed by atoms with E-state index in [0.717, 1.165) is 32.7 Å². The van der Waals surface area contributed by atoms with Gasteiger partial charge in [0.1, 0.15) is 0 Å². The van der Waals surface area contributed by atoms with Crippen LogP contribution in [0.2, 0.25) is 0 Å². The van der Waals surface area contributed by atoms with E-state index in [-0.39, 0.29) is 12.1 Å². The first-order valence-corrected chi connectivity index (χ1v) is 8.85. The summed E-state index contributed by atoms with van der Waals surface area (Å²) in [4.78, 5) is 15.7. The number of urea groups is 1. The number of benzene rings is 1. The molecule has 0 bridgehead atoms. The molecule has 3 rings (SSSR count). The molecule has 0 aliphatic carbocycles. The summed E-state index contributed by atoms with van der Waals surface area (Å²) in [5.74, 6) is 1.04. The van der Waals surface area contributed by atoms with Gasteiger partial charge in [0.15, 0.2) is 0 Å². The number of rotatable bonds is 4. The van der Waals surface area contributed by atoms with Crippen LogP contribution < -0.4 is 5.32 Å². The van der Waals surface area contributed by atoms with Crippen molar-refractivity contribution < 1.29 is 9.53 Å². The molecule has 2 saturated heterocycles. The van der Waals surface area contributed by atoms with Gasteiger partial charge in [-0.3, -0.25) is 4.90 Å². The van der Waals surface area contributed by atoms with Crippen molar-refractivity contribution in [2.24, 2.45) is 11.8 Å². The van der Waals surface area contributed by atoms with Crippen molar-refractivity contribution in [3.05, 3.63) is 35.4 Å². The van der Waals surface area contributed by atoms with Crippen LogP contribution >= 0.6 is 0 Å². The summed E-state index contributed by atoms with van der Waals surface area (Å²) in [6.45, 7) is 4.25. The van der Waals surface area contributed by atoms with Gasteiger partial charge in [-0.1, -0.05) is 12.1 Å². The molecule has 0 unspecified atom stereocenters. The van der Waals surface area contributed by atoms with Crippen molar-refractivity contribution in [2.45, 2.75) is 19.1 Å². The zero-order valence-corrected chi connectivity index (χ0v) is 14.9. The molecule has 0 spiro atoms. The Morgan fingerprint density at radius 3 is 3.08 bits per heavy atom. The summed E-state index contributed by atoms with van der Waals surface area (Å²) >= 11 is 0. The molecule has 2 fully saturated rings. The lowest BCUT2D eigenvalue weighted by molar-refractivity contribution is 0.0744. The smallest absolute Gasteiger partial charge is 0.316 e. The SMILES string of the molecule is CN(C)C(=O)NC[C@H]1OC[C@@H]2CCN(Cc3cccc(C#N)c3)C[C@@H]21. The van der Waals surface area contributed by atoms with Crippen molar-refractivity contribution in [1.29, 1.82) is 5.26 Å². The minimum Gasteiger partial charge on any atom is -0.376 e. The Morgan fingerprint density at radius 2 is 2.32 bits per heavy atom. The molecule has 3 atom stereocenters. The molecule has 0 aromatic heterocycles. The Kier molecular flexibility index (Phi) is 5.57. The summed E-state index contributed by atoms with van der Waals surface area (Å²) < 4.78 is 5.96. The number of nitrogens with zero attached hydrogens (tertiary/aromatic N) is 3. The molecule has 134 valence electrons. The molecule has 2 aliphatic heterocycles. The standard InChI is InChI=1S/C19H26N4O2/c1-22(2)19(24)21-10-18-17-12-23(7-6-16(17)13-25-18)11-15-5-3-4-14(8-15)9-20/h3-5,8,16-18H,6-7,10-13H2,1-2H3,(H,21,24)/t16-,17-,18+/m0/s1. The van der Waals surface area contributed by atoms with Crippen LogP contribution in [0.25, 0.3) is 0 Å². The molecule has 6 nitrogen and oxygen atoms in total. The molecule has 2 aliphatic rings. The van der Waals surface area contributed by atoms with Crippen LogP contribution in [0.4, 0.5) is 4.79 Å². The van der Waals surface area contributed by atoms with E-state index in [1.54, 1.807) is 19.0 Å². The highest BCUT2D eigenvalue weighted by Gasteiger charge is 2.40. The van der Waals surface area contributed by atoms with Crippen LogP contribution in [0.15, 0.2) is 24.3 Å². The fourth-order valence-electron chi connectivity index (χ4n) is 3.80. The van der Waals surface area contributed by atoms with Gasteiger partial charge in [0.2, 0.25) is 0 Å². The highest BCUT2D eigenvalue weighted by atomic mass is 16.5. The molecule has 2 heterocycles. The molecule has 2 amide bonds. The molecule has 6 heteroatoms. The number of piperidine rings is 1. The second kappa shape index (κ2) is 7.85. The van der Waals surface area contributed by atoms with E-state index in [2.05, 4.69) is 22.4 Å². The van der Waals surface area contributed by atoms with E-state index in [0.29, 0.717) is 23.9 Å². The number of fused-ring (bicyclic) bond motifs is 1. The molecular weight excluding hydrogens is 316 g/mol. The molecule has 1 aromatic rings. The maximum Gasteiger partial charge on any atom is 0.316 e. The van der Waals surface area contributed by atoms with Crippen molar-refractivity contribution in [3.8, 4) is 6.07 Å². The number of nitriles is 1. The average Bonchev–Trinajstić information content (AvgIpc) is 3.02. The first-order chi connectivity index (χ1) is 12.1. The number of hydrogen-bond acceptors (Lipinski definition) is 4. The quantitative estimate of drug-likeness (QED) is 0.904. The second-order valence-corrected chi connectivity index (χ2v) is 7.21. The molecule has 1 aromatic carbocycles. The lowest BCUT2D eigenvalue weighted by atomic mass is 9.84. The minimum absolute atomic E-state index is 0.0759. The maximum atomic E-state index is 11.7. The Morgan fingerprint density at radius 1 is 1.48 bits per heavy atom. The van der Waals surface area contributed by atoms with E-state index < -0.39 is 0 Å². The number of amides is 2. The number of ether oxygens (including phenoxy) is 1. The van der Waals surface area contributed by atoms with Gasteiger partial charge in [0.25, 0.3) is 0 Å². The predicted octanol–water partition coefficient (Wildman–Crippen LogP) is 1.67. The Balaban J connectivity index is 1.57. The largest absolute Gasteiger partial charge is 0.376 e. The first-order valence-electron chi connectivity index (χ1n) is 8.85. The topological polar surface area (TPSA) is 68.6 Å². The molecule has 1 N–H and O–H groups in total. The average molecular weight is 342 g/mol. The van der Waals surface area contributed by atoms with Gasteiger partial charge >= 0.3 is 6.03 Å². The molecule has 0 radical (unpaired) electrons. The Hall–Kier alpha value is -2.10. The van der Waals surface area contributed by atoms with Crippen molar-refractivity contribution in [3.63, 3.8) is 0 Å². The Labute approximate surface area is 149 Å². The third-order valence-electron chi connectivity index (χ3n) is 5.22. The lowest BCUT2D eigenvalue weighted by Crippen LogP contribution is -2.46. The van der Waals surface area contributed by atoms with Gasteiger partial charge in [0.05, 0.1) is 24.3 Å². The van der Waals surface area contributed by atoms with Crippen LogP contribution in [0.1, 0.15) is 17.5 Å². The summed E-state index contributed by atoms with van der Waals surface area (Å²) in [5, 5.41) is 12.0. The minimum atomic E-state index is -0.0759. The number of carbonyl (C=O) groups is 1. The summed E-state index contributed by atoms with van der Waals surface area (Å²) in [6, 6.07) is 9.95. The third kappa shape index (κ3) is 4.30. The van der Waals surface area contributed by atoms with Crippen LogP contribution in [-0.2, 0) is 11.3 Å². The second-order valence-electron chi connectivity index (χ2n) is 7.21. The first kappa shape index (κ1) is 17.7. The van der Waals surface area contributed by atoms with Crippen LogP contribution in [0.3, 0.4) is 0 Å². The molecule has 0 saturated carbocycles. The van der Waals surface area contributed by atoms with Gasteiger partial charge in [0, 0.05) is 39.6 Å². The summed E-state index contributed by atoms with van der Waals surface area (Å²) in [5.41, 5.74) is 1.88. The van der Waals surface area contributed by atoms with Gasteiger partial charge in [-0.05, 0) is 36.6 Å². The van der Waals surface area contributed by atoms with Crippen molar-refractivity contribution >= 4 is 6.03 Å². The number of carbonyl (C=O) groups excluding carboxylic acids is 1. The number of hydrogen-bond donors (Lipinski definition) is 1. The molecular formula is C19H26N4O2. The fraction of sp³-hybridized carbons (Fsp3) is 0.579. The zero-order chi connectivity index (χ0) is 17.8. The van der Waals surface area contributed by atoms with Gasteiger partial charge in [-0.25, -0.2) is 4.79 Å². The van der Waals surface area contributed by atoms with E-state index >= 15 is 0 Å². The van der Waals surface area contributed by atoms with Gasteiger partial charge in [-0.15, -0.1) is 0 Å². The van der Waals surface area contributed by atoms with E-state index in [9.17, 15) is 4.79 Å². The summed E-state index contributed by atoms with van der Waals surface area (Å²) in [7, 11) is 3.48.